The Labute approximate surface area is 123 Å². The van der Waals surface area contributed by atoms with E-state index in [0.717, 1.165) is 25.8 Å². The molecule has 0 aliphatic carbocycles. The molecule has 2 aromatic rings. The quantitative estimate of drug-likeness (QED) is 0.684. The topological polar surface area (TPSA) is 12.9 Å². The van der Waals surface area contributed by atoms with Gasteiger partial charge in [-0.15, -0.1) is 11.8 Å². The van der Waals surface area contributed by atoms with Crippen molar-refractivity contribution >= 4 is 50.9 Å². The lowest BCUT2D eigenvalue weighted by Crippen LogP contribution is -1.85. The number of pyridine rings is 1. The SMILES string of the molecule is Clc1ccccc1CSc1ncc(Br)cc1Cl. The lowest BCUT2D eigenvalue weighted by molar-refractivity contribution is 1.12. The normalized spacial score (nSPS) is 10.5. The van der Waals surface area contributed by atoms with Gasteiger partial charge in [-0.05, 0) is 33.6 Å². The van der Waals surface area contributed by atoms with Gasteiger partial charge in [0.2, 0.25) is 0 Å². The van der Waals surface area contributed by atoms with Crippen LogP contribution in [0.25, 0.3) is 0 Å². The van der Waals surface area contributed by atoms with Crippen LogP contribution in [0.3, 0.4) is 0 Å². The zero-order chi connectivity index (χ0) is 12.3. The highest BCUT2D eigenvalue weighted by Crippen LogP contribution is 2.31. The molecule has 0 bridgehead atoms. The molecular formula is C12H8BrCl2NS. The summed E-state index contributed by atoms with van der Waals surface area (Å²) in [7, 11) is 0. The maximum absolute atomic E-state index is 6.09. The van der Waals surface area contributed by atoms with E-state index in [1.807, 2.05) is 30.3 Å². The molecule has 0 radical (unpaired) electrons. The summed E-state index contributed by atoms with van der Waals surface area (Å²) < 4.78 is 0.879. The van der Waals surface area contributed by atoms with Crippen LogP contribution in [-0.4, -0.2) is 4.98 Å². The van der Waals surface area contributed by atoms with Crippen molar-refractivity contribution in [3.63, 3.8) is 0 Å². The summed E-state index contributed by atoms with van der Waals surface area (Å²) in [5.41, 5.74) is 1.08. The Bertz CT molecular complexity index is 534. The number of rotatable bonds is 3. The molecule has 1 aromatic carbocycles. The second kappa shape index (κ2) is 6.10. The van der Waals surface area contributed by atoms with Gasteiger partial charge < -0.3 is 0 Å². The van der Waals surface area contributed by atoms with Gasteiger partial charge in [0.1, 0.15) is 5.03 Å². The monoisotopic (exact) mass is 347 g/mol. The predicted molar refractivity (Wildman–Crippen MR) is 78.0 cm³/mol. The first-order valence-corrected chi connectivity index (χ1v) is 7.37. The van der Waals surface area contributed by atoms with E-state index in [4.69, 9.17) is 23.2 Å². The molecule has 0 saturated heterocycles. The summed E-state index contributed by atoms with van der Waals surface area (Å²) in [6.07, 6.45) is 1.74. The molecule has 88 valence electrons. The number of benzene rings is 1. The highest BCUT2D eigenvalue weighted by molar-refractivity contribution is 9.10. The summed E-state index contributed by atoms with van der Waals surface area (Å²) in [6.45, 7) is 0. The third-order valence-electron chi connectivity index (χ3n) is 2.10. The molecule has 0 saturated carbocycles. The average molecular weight is 349 g/mol. The van der Waals surface area contributed by atoms with Crippen LogP contribution in [0.1, 0.15) is 5.56 Å². The van der Waals surface area contributed by atoms with E-state index in [2.05, 4.69) is 20.9 Å². The smallest absolute Gasteiger partial charge is 0.115 e. The van der Waals surface area contributed by atoms with Crippen LogP contribution in [-0.2, 0) is 5.75 Å². The molecule has 1 nitrogen and oxygen atoms in total. The van der Waals surface area contributed by atoms with Crippen LogP contribution >= 0.6 is 50.9 Å². The van der Waals surface area contributed by atoms with Crippen LogP contribution < -0.4 is 0 Å². The first-order valence-electron chi connectivity index (χ1n) is 4.84. The molecule has 0 amide bonds. The van der Waals surface area contributed by atoms with Crippen LogP contribution in [0.2, 0.25) is 10.0 Å². The Morgan fingerprint density at radius 3 is 2.65 bits per heavy atom. The summed E-state index contributed by atoms with van der Waals surface area (Å²) in [6, 6.07) is 9.61. The van der Waals surface area contributed by atoms with Crippen molar-refractivity contribution in [1.29, 1.82) is 0 Å². The second-order valence-electron chi connectivity index (χ2n) is 3.32. The fraction of sp³-hybridized carbons (Fsp3) is 0.0833. The Balaban J connectivity index is 2.10. The lowest BCUT2D eigenvalue weighted by atomic mass is 10.2. The minimum absolute atomic E-state index is 0.649. The number of aromatic nitrogens is 1. The summed E-state index contributed by atoms with van der Waals surface area (Å²) in [5, 5.41) is 2.24. The Morgan fingerprint density at radius 2 is 1.94 bits per heavy atom. The van der Waals surface area contributed by atoms with Crippen LogP contribution in [0, 0.1) is 0 Å². The number of nitrogens with zero attached hydrogens (tertiary/aromatic N) is 1. The van der Waals surface area contributed by atoms with Crippen LogP contribution in [0.5, 0.6) is 0 Å². The summed E-state index contributed by atoms with van der Waals surface area (Å²) in [5.74, 6) is 0.758. The molecule has 0 unspecified atom stereocenters. The van der Waals surface area contributed by atoms with Gasteiger partial charge in [0.15, 0.2) is 0 Å². The maximum atomic E-state index is 6.09. The predicted octanol–water partition coefficient (Wildman–Crippen LogP) is 5.44. The van der Waals surface area contributed by atoms with Crippen molar-refractivity contribution in [2.24, 2.45) is 0 Å². The largest absolute Gasteiger partial charge is 0.247 e. The molecule has 0 spiro atoms. The van der Waals surface area contributed by atoms with Crippen molar-refractivity contribution < 1.29 is 0 Å². The average Bonchev–Trinajstić information content (AvgIpc) is 2.30. The summed E-state index contributed by atoms with van der Waals surface area (Å²) in [4.78, 5) is 4.26. The zero-order valence-corrected chi connectivity index (χ0v) is 12.6. The van der Waals surface area contributed by atoms with E-state index < -0.39 is 0 Å². The third kappa shape index (κ3) is 3.62. The molecule has 0 N–H and O–H groups in total. The van der Waals surface area contributed by atoms with Gasteiger partial charge in [0.05, 0.1) is 5.02 Å². The van der Waals surface area contributed by atoms with Gasteiger partial charge in [-0.3, -0.25) is 0 Å². The number of hydrogen-bond donors (Lipinski definition) is 0. The molecule has 2 rings (SSSR count). The van der Waals surface area contributed by atoms with Crippen LogP contribution in [0.4, 0.5) is 0 Å². The minimum Gasteiger partial charge on any atom is -0.247 e. The van der Waals surface area contributed by atoms with E-state index in [1.54, 1.807) is 18.0 Å². The molecule has 0 fully saturated rings. The molecular weight excluding hydrogens is 341 g/mol. The number of hydrogen-bond acceptors (Lipinski definition) is 2. The number of halogens is 3. The Morgan fingerprint density at radius 1 is 1.18 bits per heavy atom. The van der Waals surface area contributed by atoms with E-state index in [9.17, 15) is 0 Å². The van der Waals surface area contributed by atoms with Gasteiger partial charge in [-0.1, -0.05) is 41.4 Å². The van der Waals surface area contributed by atoms with Gasteiger partial charge >= 0.3 is 0 Å². The number of thioether (sulfide) groups is 1. The summed E-state index contributed by atoms with van der Waals surface area (Å²) >= 11 is 17.1. The van der Waals surface area contributed by atoms with Crippen molar-refractivity contribution in [2.75, 3.05) is 0 Å². The van der Waals surface area contributed by atoms with Gasteiger partial charge in [-0.25, -0.2) is 4.98 Å². The van der Waals surface area contributed by atoms with Gasteiger partial charge in [-0.2, -0.15) is 0 Å². The third-order valence-corrected chi connectivity index (χ3v) is 4.35. The van der Waals surface area contributed by atoms with Crippen LogP contribution in [0.15, 0.2) is 46.0 Å². The minimum atomic E-state index is 0.649. The molecule has 1 aromatic heterocycles. The molecule has 1 heterocycles. The Kier molecular flexibility index (Phi) is 4.74. The van der Waals surface area contributed by atoms with E-state index in [0.29, 0.717) is 5.02 Å². The standard InChI is InChI=1S/C12H8BrCl2NS/c13-9-5-11(15)12(16-6-9)17-7-8-3-1-2-4-10(8)14/h1-6H,7H2. The van der Waals surface area contributed by atoms with E-state index in [-0.39, 0.29) is 0 Å². The Hall–Kier alpha value is -0.220. The highest BCUT2D eigenvalue weighted by atomic mass is 79.9. The fourth-order valence-corrected chi connectivity index (χ4v) is 3.21. The van der Waals surface area contributed by atoms with E-state index >= 15 is 0 Å². The molecule has 17 heavy (non-hydrogen) atoms. The lowest BCUT2D eigenvalue weighted by Gasteiger charge is -2.05. The second-order valence-corrected chi connectivity index (χ2v) is 6.01. The van der Waals surface area contributed by atoms with Gasteiger partial charge in [0, 0.05) is 21.4 Å². The fourth-order valence-electron chi connectivity index (χ4n) is 1.27. The molecule has 5 heteroatoms. The molecule has 0 aliphatic heterocycles. The maximum Gasteiger partial charge on any atom is 0.115 e. The van der Waals surface area contributed by atoms with Crippen molar-refractivity contribution in [1.82, 2.24) is 4.98 Å². The first-order chi connectivity index (χ1) is 8.16. The van der Waals surface area contributed by atoms with Crippen molar-refractivity contribution in [3.8, 4) is 0 Å². The molecule has 0 atom stereocenters. The zero-order valence-electron chi connectivity index (χ0n) is 8.66. The first kappa shape index (κ1) is 13.2. The van der Waals surface area contributed by atoms with Crippen molar-refractivity contribution in [3.05, 3.63) is 56.6 Å². The highest BCUT2D eigenvalue weighted by Gasteiger charge is 2.05. The van der Waals surface area contributed by atoms with Gasteiger partial charge in [0.25, 0.3) is 0 Å². The van der Waals surface area contributed by atoms with E-state index in [1.165, 1.54) is 0 Å². The van der Waals surface area contributed by atoms with Crippen molar-refractivity contribution in [2.45, 2.75) is 10.8 Å². The molecule has 0 aliphatic rings.